The summed E-state index contributed by atoms with van der Waals surface area (Å²) in [6.07, 6.45) is 0. The van der Waals surface area contributed by atoms with Crippen molar-refractivity contribution in [3.05, 3.63) is 96.1 Å². The van der Waals surface area contributed by atoms with Crippen LogP contribution in [0.2, 0.25) is 0 Å². The van der Waals surface area contributed by atoms with Gasteiger partial charge in [-0.15, -0.1) is 11.8 Å². The molecule has 2 nitrogen and oxygen atoms in total. The number of hydrogen-bond acceptors (Lipinski definition) is 2. The van der Waals surface area contributed by atoms with Gasteiger partial charge in [0, 0.05) is 28.9 Å². The molecule has 1 amide bonds. The number of carbonyl (C=O) groups is 1. The molecule has 0 unspecified atom stereocenters. The van der Waals surface area contributed by atoms with Crippen LogP contribution in [-0.2, 0) is 5.75 Å². The molecule has 0 aromatic heterocycles. The van der Waals surface area contributed by atoms with Crippen LogP contribution in [0.15, 0.2) is 89.8 Å². The SMILES string of the molecule is CN(C(=O)c1ccc(CSc2ccccc2)cc1)c1ccccc1. The van der Waals surface area contributed by atoms with Crippen molar-refractivity contribution in [1.82, 2.24) is 0 Å². The van der Waals surface area contributed by atoms with Gasteiger partial charge in [0.05, 0.1) is 0 Å². The number of thioether (sulfide) groups is 1. The van der Waals surface area contributed by atoms with E-state index in [4.69, 9.17) is 0 Å². The van der Waals surface area contributed by atoms with E-state index in [0.717, 1.165) is 11.4 Å². The normalized spacial score (nSPS) is 10.4. The minimum absolute atomic E-state index is 0.00321. The first-order chi connectivity index (χ1) is 11.7. The maximum atomic E-state index is 12.6. The van der Waals surface area contributed by atoms with E-state index in [2.05, 4.69) is 12.1 Å². The summed E-state index contributed by atoms with van der Waals surface area (Å²) in [5, 5.41) is 0. The van der Waals surface area contributed by atoms with Gasteiger partial charge in [-0.3, -0.25) is 4.79 Å². The minimum Gasteiger partial charge on any atom is -0.311 e. The van der Waals surface area contributed by atoms with E-state index in [1.54, 1.807) is 23.7 Å². The number of amides is 1. The molecule has 0 aliphatic rings. The average molecular weight is 333 g/mol. The molecule has 0 spiro atoms. The summed E-state index contributed by atoms with van der Waals surface area (Å²) in [6, 6.07) is 27.9. The summed E-state index contributed by atoms with van der Waals surface area (Å²) in [5.41, 5.74) is 2.81. The lowest BCUT2D eigenvalue weighted by molar-refractivity contribution is 0.0993. The Balaban J connectivity index is 1.64. The fraction of sp³-hybridized carbons (Fsp3) is 0.0952. The highest BCUT2D eigenvalue weighted by Gasteiger charge is 2.12. The Kier molecular flexibility index (Phi) is 5.34. The van der Waals surface area contributed by atoms with Gasteiger partial charge in [-0.1, -0.05) is 48.5 Å². The van der Waals surface area contributed by atoms with Crippen molar-refractivity contribution >= 4 is 23.4 Å². The molecule has 3 aromatic rings. The molecule has 0 saturated heterocycles. The predicted octanol–water partition coefficient (Wildman–Crippen LogP) is 5.26. The first-order valence-corrected chi connectivity index (χ1v) is 8.82. The van der Waals surface area contributed by atoms with Gasteiger partial charge in [0.2, 0.25) is 0 Å². The number of carbonyl (C=O) groups excluding carboxylic acids is 1. The molecular weight excluding hydrogens is 314 g/mol. The molecule has 0 radical (unpaired) electrons. The third-order valence-electron chi connectivity index (χ3n) is 3.80. The van der Waals surface area contributed by atoms with Crippen molar-refractivity contribution in [2.75, 3.05) is 11.9 Å². The summed E-state index contributed by atoms with van der Waals surface area (Å²) in [7, 11) is 1.80. The van der Waals surface area contributed by atoms with E-state index in [1.807, 2.05) is 72.8 Å². The molecule has 0 fully saturated rings. The number of anilines is 1. The van der Waals surface area contributed by atoms with E-state index in [-0.39, 0.29) is 5.91 Å². The van der Waals surface area contributed by atoms with Gasteiger partial charge in [-0.05, 0) is 42.0 Å². The molecule has 3 aromatic carbocycles. The van der Waals surface area contributed by atoms with Gasteiger partial charge < -0.3 is 4.90 Å². The van der Waals surface area contributed by atoms with Crippen LogP contribution in [0.25, 0.3) is 0 Å². The van der Waals surface area contributed by atoms with E-state index in [0.29, 0.717) is 5.56 Å². The first kappa shape index (κ1) is 16.3. The first-order valence-electron chi connectivity index (χ1n) is 7.84. The number of nitrogens with zero attached hydrogens (tertiary/aromatic N) is 1. The lowest BCUT2D eigenvalue weighted by atomic mass is 10.1. The van der Waals surface area contributed by atoms with E-state index < -0.39 is 0 Å². The largest absolute Gasteiger partial charge is 0.311 e. The van der Waals surface area contributed by atoms with E-state index in [9.17, 15) is 4.79 Å². The maximum absolute atomic E-state index is 12.6. The van der Waals surface area contributed by atoms with Gasteiger partial charge in [-0.25, -0.2) is 0 Å². The summed E-state index contributed by atoms with van der Waals surface area (Å²) in [6.45, 7) is 0. The Morgan fingerprint density at radius 1 is 0.833 bits per heavy atom. The lowest BCUT2D eigenvalue weighted by Crippen LogP contribution is -2.26. The molecule has 0 atom stereocenters. The number of rotatable bonds is 5. The van der Waals surface area contributed by atoms with Crippen LogP contribution >= 0.6 is 11.8 Å². The Labute approximate surface area is 147 Å². The van der Waals surface area contributed by atoms with Crippen LogP contribution in [0.1, 0.15) is 15.9 Å². The second-order valence-corrected chi connectivity index (χ2v) is 6.55. The van der Waals surface area contributed by atoms with Crippen LogP contribution in [-0.4, -0.2) is 13.0 Å². The summed E-state index contributed by atoms with van der Waals surface area (Å²) in [4.78, 5) is 15.5. The molecule has 0 bridgehead atoms. The quantitative estimate of drug-likeness (QED) is 0.594. The number of para-hydroxylation sites is 1. The van der Waals surface area contributed by atoms with Crippen molar-refractivity contribution in [3.63, 3.8) is 0 Å². The van der Waals surface area contributed by atoms with Crippen LogP contribution in [0.4, 0.5) is 5.69 Å². The van der Waals surface area contributed by atoms with Crippen LogP contribution < -0.4 is 4.90 Å². The van der Waals surface area contributed by atoms with E-state index in [1.165, 1.54) is 10.5 Å². The monoisotopic (exact) mass is 333 g/mol. The molecular formula is C21H19NOS. The zero-order valence-electron chi connectivity index (χ0n) is 13.6. The van der Waals surface area contributed by atoms with Crippen molar-refractivity contribution < 1.29 is 4.79 Å². The van der Waals surface area contributed by atoms with Gasteiger partial charge in [0.15, 0.2) is 0 Å². The second-order valence-electron chi connectivity index (χ2n) is 5.50. The third-order valence-corrected chi connectivity index (χ3v) is 4.88. The Morgan fingerprint density at radius 3 is 2.04 bits per heavy atom. The predicted molar refractivity (Wildman–Crippen MR) is 102 cm³/mol. The van der Waals surface area contributed by atoms with Crippen LogP contribution in [0, 0.1) is 0 Å². The van der Waals surface area contributed by atoms with Gasteiger partial charge in [-0.2, -0.15) is 0 Å². The van der Waals surface area contributed by atoms with Crippen molar-refractivity contribution in [3.8, 4) is 0 Å². The van der Waals surface area contributed by atoms with Crippen molar-refractivity contribution in [1.29, 1.82) is 0 Å². The number of benzene rings is 3. The topological polar surface area (TPSA) is 20.3 Å². The fourth-order valence-corrected chi connectivity index (χ4v) is 3.26. The molecule has 0 aliphatic carbocycles. The van der Waals surface area contributed by atoms with E-state index >= 15 is 0 Å². The molecule has 120 valence electrons. The molecule has 0 aliphatic heterocycles. The highest BCUT2D eigenvalue weighted by Crippen LogP contribution is 2.23. The molecule has 24 heavy (non-hydrogen) atoms. The maximum Gasteiger partial charge on any atom is 0.258 e. The molecule has 0 saturated carbocycles. The summed E-state index contributed by atoms with van der Waals surface area (Å²) < 4.78 is 0. The van der Waals surface area contributed by atoms with Crippen LogP contribution in [0.5, 0.6) is 0 Å². The third kappa shape index (κ3) is 4.06. The number of hydrogen-bond donors (Lipinski definition) is 0. The molecule has 3 rings (SSSR count). The summed E-state index contributed by atoms with van der Waals surface area (Å²) >= 11 is 1.80. The molecule has 3 heteroatoms. The molecule has 0 N–H and O–H groups in total. The lowest BCUT2D eigenvalue weighted by Gasteiger charge is -2.17. The average Bonchev–Trinajstić information content (AvgIpc) is 2.67. The van der Waals surface area contributed by atoms with Gasteiger partial charge >= 0.3 is 0 Å². The fourth-order valence-electron chi connectivity index (χ4n) is 2.39. The standard InChI is InChI=1S/C21H19NOS/c1-22(19-8-4-2-5-9-19)21(23)18-14-12-17(13-15-18)16-24-20-10-6-3-7-11-20/h2-15H,16H2,1H3. The van der Waals surface area contributed by atoms with Crippen molar-refractivity contribution in [2.24, 2.45) is 0 Å². The smallest absolute Gasteiger partial charge is 0.258 e. The van der Waals surface area contributed by atoms with Gasteiger partial charge in [0.1, 0.15) is 0 Å². The summed E-state index contributed by atoms with van der Waals surface area (Å²) in [5.74, 6) is 0.899. The zero-order valence-corrected chi connectivity index (χ0v) is 14.4. The second kappa shape index (κ2) is 7.84. The van der Waals surface area contributed by atoms with Crippen molar-refractivity contribution in [2.45, 2.75) is 10.6 Å². The molecule has 0 heterocycles. The highest BCUT2D eigenvalue weighted by atomic mass is 32.2. The zero-order chi connectivity index (χ0) is 16.8. The Hall–Kier alpha value is -2.52. The highest BCUT2D eigenvalue weighted by molar-refractivity contribution is 7.98. The Bertz CT molecular complexity index is 785. The minimum atomic E-state index is 0.00321. The van der Waals surface area contributed by atoms with Crippen LogP contribution in [0.3, 0.4) is 0 Å². The van der Waals surface area contributed by atoms with Gasteiger partial charge in [0.25, 0.3) is 5.91 Å². The Morgan fingerprint density at radius 2 is 1.42 bits per heavy atom.